The van der Waals surface area contributed by atoms with Gasteiger partial charge in [0.05, 0.1) is 10.9 Å². The number of carbonyl (C=O) groups is 1. The van der Waals surface area contributed by atoms with E-state index in [2.05, 4.69) is 91.9 Å². The maximum Gasteiger partial charge on any atom is 0.460 e. The van der Waals surface area contributed by atoms with Gasteiger partial charge in [-0.3, -0.25) is 0 Å². The molecule has 0 radical (unpaired) electrons. The van der Waals surface area contributed by atoms with Gasteiger partial charge >= 0.3 is 65.4 Å². The minimum atomic E-state index is -9.52. The number of carboxylic acid groups (broad SMARTS) is 1. The van der Waals surface area contributed by atoms with E-state index in [-0.39, 0.29) is 10.9 Å². The number of hydrogen-bond acceptors (Lipinski definition) is 2. The van der Waals surface area contributed by atoms with Gasteiger partial charge in [-0.2, -0.15) is 101 Å². The standard InChI is InChI=1S/C23H25S.C12HF23O2/c1-2-3-6-11-20-16-18-23(19-17-20)24(21-12-7-4-8-13-21)22-14-9-5-10-15-22;13-2(14,1(36)37)3(15,16)4(17,18)5(19,20)6(21,22)7(23,24)8(25,26)9(27,28)10(29,30)11(31,32)12(33,34)35/h4-5,7-10,12-19H,2-3,6,11H2,1H3;(H,36,37)/q+1;/p-1. The van der Waals surface area contributed by atoms with Crippen molar-refractivity contribution in [1.82, 2.24) is 0 Å². The quantitative estimate of drug-likeness (QED) is 0.0768. The van der Waals surface area contributed by atoms with E-state index in [4.69, 9.17) is 0 Å². The number of alkyl halides is 23. The van der Waals surface area contributed by atoms with E-state index in [1.807, 2.05) is 0 Å². The molecule has 3 aromatic rings. The van der Waals surface area contributed by atoms with Gasteiger partial charge in [-0.15, -0.1) is 0 Å². The smallest absolute Gasteiger partial charge is 0.460 e. The second kappa shape index (κ2) is 17.6. The summed E-state index contributed by atoms with van der Waals surface area (Å²) < 4.78 is 297. The zero-order chi connectivity index (χ0) is 47.7. The lowest BCUT2D eigenvalue weighted by Gasteiger charge is -2.45. The summed E-state index contributed by atoms with van der Waals surface area (Å²) in [6.07, 6.45) is -3.05. The van der Waals surface area contributed by atoms with Crippen LogP contribution < -0.4 is 5.11 Å². The Hall–Kier alpha value is -4.13. The van der Waals surface area contributed by atoms with Crippen molar-refractivity contribution < 1.29 is 111 Å². The van der Waals surface area contributed by atoms with Crippen molar-refractivity contribution in [3.05, 3.63) is 90.5 Å². The van der Waals surface area contributed by atoms with Crippen LogP contribution in [0.1, 0.15) is 31.7 Å². The highest BCUT2D eigenvalue weighted by Gasteiger charge is 2.98. The number of aliphatic carboxylic acids is 1. The first-order chi connectivity index (χ1) is 27.3. The number of aryl methyl sites for hydroxylation is 1. The Morgan fingerprint density at radius 3 is 1.02 bits per heavy atom. The number of unbranched alkanes of at least 4 members (excludes halogenated alkanes) is 2. The second-order valence-corrected chi connectivity index (χ2v) is 14.6. The maximum absolute atomic E-state index is 13.3. The van der Waals surface area contributed by atoms with Crippen LogP contribution in [-0.4, -0.2) is 71.4 Å². The third-order valence-corrected chi connectivity index (χ3v) is 10.6. The third kappa shape index (κ3) is 8.91. The van der Waals surface area contributed by atoms with Gasteiger partial charge in [-0.05, 0) is 54.8 Å². The minimum absolute atomic E-state index is 0.0302. The van der Waals surface area contributed by atoms with Crippen molar-refractivity contribution in [1.29, 1.82) is 0 Å². The molecule has 0 bridgehead atoms. The summed E-state index contributed by atoms with van der Waals surface area (Å²) in [5.74, 6) is -95.1. The number of rotatable bonds is 17. The monoisotopic (exact) mass is 946 g/mol. The Balaban J connectivity index is 0.000000455. The molecule has 0 atom stereocenters. The zero-order valence-corrected chi connectivity index (χ0v) is 30.6. The molecule has 3 rings (SSSR count). The molecule has 0 unspecified atom stereocenters. The number of carboxylic acids is 1. The minimum Gasteiger partial charge on any atom is -0.544 e. The van der Waals surface area contributed by atoms with Crippen LogP contribution in [0.5, 0.6) is 0 Å². The molecule has 3 aromatic carbocycles. The van der Waals surface area contributed by atoms with Gasteiger partial charge in [-0.25, -0.2) is 0 Å². The average molecular weight is 947 g/mol. The van der Waals surface area contributed by atoms with Crippen molar-refractivity contribution >= 4 is 16.9 Å². The van der Waals surface area contributed by atoms with Gasteiger partial charge in [0.25, 0.3) is 0 Å². The highest BCUT2D eigenvalue weighted by molar-refractivity contribution is 7.97. The Morgan fingerprint density at radius 1 is 0.426 bits per heavy atom. The number of benzene rings is 3. The Labute approximate surface area is 331 Å². The molecular weight excluding hydrogens is 921 g/mol. The van der Waals surface area contributed by atoms with E-state index >= 15 is 0 Å². The zero-order valence-electron chi connectivity index (χ0n) is 29.8. The normalized spacial score (nSPS) is 14.4. The SMILES string of the molecule is CCCCCc1ccc([S+](c2ccccc2)c2ccccc2)cc1.O=C([O-])C(F)(F)C(F)(F)C(F)(F)C(F)(F)C(F)(F)C(F)(F)C(F)(F)C(F)(F)C(F)(F)C(F)(F)C(F)(F)F. The summed E-state index contributed by atoms with van der Waals surface area (Å²) in [7, 11) is -0.0302. The van der Waals surface area contributed by atoms with Gasteiger partial charge in [0.2, 0.25) is 0 Å². The van der Waals surface area contributed by atoms with E-state index in [1.54, 1.807) is 0 Å². The summed E-state index contributed by atoms with van der Waals surface area (Å²) in [6, 6.07) is 31.0. The van der Waals surface area contributed by atoms with Gasteiger partial charge in [0, 0.05) is 0 Å². The molecule has 2 nitrogen and oxygen atoms in total. The highest BCUT2D eigenvalue weighted by Crippen LogP contribution is 2.67. The van der Waals surface area contributed by atoms with E-state index in [9.17, 15) is 111 Å². The molecule has 0 N–H and O–H groups in total. The largest absolute Gasteiger partial charge is 0.544 e. The molecule has 344 valence electrons. The first kappa shape index (κ1) is 53.0. The Morgan fingerprint density at radius 2 is 0.721 bits per heavy atom. The van der Waals surface area contributed by atoms with E-state index in [0.29, 0.717) is 0 Å². The second-order valence-electron chi connectivity index (χ2n) is 12.6. The van der Waals surface area contributed by atoms with Crippen molar-refractivity contribution in [2.24, 2.45) is 0 Å². The lowest BCUT2D eigenvalue weighted by molar-refractivity contribution is -0.479. The van der Waals surface area contributed by atoms with E-state index in [1.165, 1.54) is 45.9 Å². The van der Waals surface area contributed by atoms with Crippen molar-refractivity contribution in [2.45, 2.75) is 113 Å². The molecule has 0 aromatic heterocycles. The molecule has 0 aliphatic heterocycles. The average Bonchev–Trinajstić information content (AvgIpc) is 3.15. The van der Waals surface area contributed by atoms with Crippen LogP contribution in [-0.2, 0) is 22.1 Å². The molecule has 26 heteroatoms. The Kier molecular flexibility index (Phi) is 15.3. The predicted octanol–water partition coefficient (Wildman–Crippen LogP) is 12.2. The van der Waals surface area contributed by atoms with Crippen LogP contribution in [0.3, 0.4) is 0 Å². The van der Waals surface area contributed by atoms with Crippen molar-refractivity contribution in [3.63, 3.8) is 0 Å². The van der Waals surface area contributed by atoms with Crippen LogP contribution >= 0.6 is 0 Å². The third-order valence-electron chi connectivity index (χ3n) is 8.35. The van der Waals surface area contributed by atoms with Crippen LogP contribution in [0.4, 0.5) is 101 Å². The molecule has 0 heterocycles. The van der Waals surface area contributed by atoms with Gasteiger partial charge in [-0.1, -0.05) is 68.3 Å². The fourth-order valence-electron chi connectivity index (χ4n) is 4.78. The molecule has 0 spiro atoms. The number of halogens is 23. The fourth-order valence-corrected chi connectivity index (χ4v) is 6.86. The molecule has 0 saturated heterocycles. The van der Waals surface area contributed by atoms with Gasteiger partial charge in [0.15, 0.2) is 14.7 Å². The highest BCUT2D eigenvalue weighted by atomic mass is 32.2. The molecule has 0 amide bonds. The van der Waals surface area contributed by atoms with Crippen LogP contribution in [0.2, 0.25) is 0 Å². The molecule has 0 fully saturated rings. The summed E-state index contributed by atoms with van der Waals surface area (Å²) in [5.41, 5.74) is 1.46. The number of carbonyl (C=O) groups excluding carboxylic acids is 1. The summed E-state index contributed by atoms with van der Waals surface area (Å²) in [4.78, 5) is 13.9. The summed E-state index contributed by atoms with van der Waals surface area (Å²) >= 11 is 0. The van der Waals surface area contributed by atoms with Crippen LogP contribution in [0, 0.1) is 0 Å². The topological polar surface area (TPSA) is 40.1 Å². The predicted molar refractivity (Wildman–Crippen MR) is 165 cm³/mol. The molecule has 0 aliphatic rings. The van der Waals surface area contributed by atoms with Gasteiger partial charge in [0.1, 0.15) is 5.97 Å². The van der Waals surface area contributed by atoms with E-state index in [0.717, 1.165) is 0 Å². The maximum atomic E-state index is 13.3. The molecule has 0 aliphatic carbocycles. The summed E-state index contributed by atoms with van der Waals surface area (Å²) in [5, 5.41) is 9.74. The van der Waals surface area contributed by atoms with Crippen LogP contribution in [0.15, 0.2) is 99.6 Å². The first-order valence-corrected chi connectivity index (χ1v) is 17.5. The molecular formula is C35H25F23O2S. The molecule has 0 saturated carbocycles. The van der Waals surface area contributed by atoms with Crippen LogP contribution in [0.25, 0.3) is 0 Å². The first-order valence-electron chi connectivity index (χ1n) is 16.3. The summed E-state index contributed by atoms with van der Waals surface area (Å²) in [6.45, 7) is 2.26. The van der Waals surface area contributed by atoms with Crippen molar-refractivity contribution in [3.8, 4) is 0 Å². The Bertz CT molecular complexity index is 1860. The number of hydrogen-bond donors (Lipinski definition) is 0. The van der Waals surface area contributed by atoms with E-state index < -0.39 is 71.4 Å². The molecule has 61 heavy (non-hydrogen) atoms. The lowest BCUT2D eigenvalue weighted by Crippen LogP contribution is -2.78. The fraction of sp³-hybridized carbons (Fsp3) is 0.457. The lowest BCUT2D eigenvalue weighted by atomic mass is 9.85. The van der Waals surface area contributed by atoms with Crippen molar-refractivity contribution in [2.75, 3.05) is 0 Å². The van der Waals surface area contributed by atoms with Gasteiger partial charge < -0.3 is 9.90 Å².